The number of benzene rings is 1. The summed E-state index contributed by atoms with van der Waals surface area (Å²) < 4.78 is 0. The zero-order chi connectivity index (χ0) is 11.5. The SMILES string of the molecule is NC1CCCC(C(=O)c2ccccc2Cl)C1. The third-order valence-corrected chi connectivity index (χ3v) is 3.55. The first-order valence-corrected chi connectivity index (χ1v) is 6.10. The molecule has 0 aliphatic heterocycles. The maximum Gasteiger partial charge on any atom is 0.167 e. The van der Waals surface area contributed by atoms with Gasteiger partial charge in [0.2, 0.25) is 0 Å². The summed E-state index contributed by atoms with van der Waals surface area (Å²) in [5.74, 6) is 0.212. The van der Waals surface area contributed by atoms with Crippen LogP contribution in [0.4, 0.5) is 0 Å². The Morgan fingerprint density at radius 2 is 2.06 bits per heavy atom. The third kappa shape index (κ3) is 2.45. The fourth-order valence-corrected chi connectivity index (χ4v) is 2.58. The minimum absolute atomic E-state index is 0.0589. The Hall–Kier alpha value is -0.860. The fraction of sp³-hybridized carbons (Fsp3) is 0.462. The molecule has 0 spiro atoms. The largest absolute Gasteiger partial charge is 0.328 e. The Kier molecular flexibility index (Phi) is 3.62. The third-order valence-electron chi connectivity index (χ3n) is 3.22. The lowest BCUT2D eigenvalue weighted by molar-refractivity contribution is 0.0881. The van der Waals surface area contributed by atoms with Gasteiger partial charge < -0.3 is 5.73 Å². The molecular formula is C13H16ClNO. The van der Waals surface area contributed by atoms with Crippen LogP contribution in [0, 0.1) is 5.92 Å². The monoisotopic (exact) mass is 237 g/mol. The average molecular weight is 238 g/mol. The summed E-state index contributed by atoms with van der Waals surface area (Å²) in [6.07, 6.45) is 3.82. The molecule has 1 fully saturated rings. The van der Waals surface area contributed by atoms with Gasteiger partial charge in [0.05, 0.1) is 5.02 Å². The van der Waals surface area contributed by atoms with Crippen LogP contribution in [0.3, 0.4) is 0 Å². The van der Waals surface area contributed by atoms with E-state index in [9.17, 15) is 4.79 Å². The lowest BCUT2D eigenvalue weighted by atomic mass is 9.81. The van der Waals surface area contributed by atoms with Crippen molar-refractivity contribution in [3.63, 3.8) is 0 Å². The van der Waals surface area contributed by atoms with E-state index in [2.05, 4.69) is 0 Å². The van der Waals surface area contributed by atoms with Crippen LogP contribution in [-0.2, 0) is 0 Å². The molecule has 2 nitrogen and oxygen atoms in total. The van der Waals surface area contributed by atoms with Crippen LogP contribution in [0.2, 0.25) is 5.02 Å². The summed E-state index contributed by atoms with van der Waals surface area (Å²) in [6, 6.07) is 7.42. The molecule has 2 N–H and O–H groups in total. The Balaban J connectivity index is 2.16. The van der Waals surface area contributed by atoms with Crippen molar-refractivity contribution in [3.05, 3.63) is 34.9 Å². The van der Waals surface area contributed by atoms with Crippen molar-refractivity contribution < 1.29 is 4.79 Å². The normalized spacial score (nSPS) is 25.4. The number of hydrogen-bond donors (Lipinski definition) is 1. The van der Waals surface area contributed by atoms with E-state index in [0.29, 0.717) is 10.6 Å². The summed E-state index contributed by atoms with van der Waals surface area (Å²) in [5, 5.41) is 0.548. The highest BCUT2D eigenvalue weighted by atomic mass is 35.5. The number of nitrogens with two attached hydrogens (primary N) is 1. The van der Waals surface area contributed by atoms with Crippen molar-refractivity contribution in [1.29, 1.82) is 0 Å². The fourth-order valence-electron chi connectivity index (χ4n) is 2.35. The highest BCUT2D eigenvalue weighted by Gasteiger charge is 2.26. The average Bonchev–Trinajstić information content (AvgIpc) is 2.29. The zero-order valence-electron chi connectivity index (χ0n) is 9.16. The standard InChI is InChI=1S/C13H16ClNO/c14-12-7-2-1-6-11(12)13(16)9-4-3-5-10(15)8-9/h1-2,6-7,9-10H,3-5,8,15H2. The molecule has 2 unspecified atom stereocenters. The summed E-state index contributed by atoms with van der Waals surface area (Å²) >= 11 is 6.02. The van der Waals surface area contributed by atoms with Gasteiger partial charge >= 0.3 is 0 Å². The van der Waals surface area contributed by atoms with Crippen LogP contribution in [0.25, 0.3) is 0 Å². The summed E-state index contributed by atoms with van der Waals surface area (Å²) in [4.78, 5) is 12.2. The zero-order valence-corrected chi connectivity index (χ0v) is 9.91. The first kappa shape index (κ1) is 11.6. The molecule has 0 aromatic heterocycles. The van der Waals surface area contributed by atoms with Crippen LogP contribution < -0.4 is 5.73 Å². The lowest BCUT2D eigenvalue weighted by Crippen LogP contribution is -2.31. The number of carbonyl (C=O) groups excluding carboxylic acids is 1. The minimum Gasteiger partial charge on any atom is -0.328 e. The van der Waals surface area contributed by atoms with E-state index < -0.39 is 0 Å². The van der Waals surface area contributed by atoms with Gasteiger partial charge in [-0.2, -0.15) is 0 Å². The molecule has 0 radical (unpaired) electrons. The van der Waals surface area contributed by atoms with Crippen molar-refractivity contribution in [1.82, 2.24) is 0 Å². The van der Waals surface area contributed by atoms with E-state index in [1.165, 1.54) is 0 Å². The summed E-state index contributed by atoms with van der Waals surface area (Å²) in [5.41, 5.74) is 6.54. The van der Waals surface area contributed by atoms with E-state index >= 15 is 0 Å². The first-order valence-electron chi connectivity index (χ1n) is 5.73. The maximum absolute atomic E-state index is 12.2. The first-order chi connectivity index (χ1) is 7.68. The second-order valence-corrected chi connectivity index (χ2v) is 4.87. The predicted octanol–water partition coefficient (Wildman–Crippen LogP) is 3.04. The highest BCUT2D eigenvalue weighted by Crippen LogP contribution is 2.28. The molecule has 16 heavy (non-hydrogen) atoms. The molecule has 0 amide bonds. The molecule has 2 rings (SSSR count). The van der Waals surface area contributed by atoms with Gasteiger partial charge in [0.1, 0.15) is 0 Å². The van der Waals surface area contributed by atoms with Crippen molar-refractivity contribution >= 4 is 17.4 Å². The second kappa shape index (κ2) is 4.98. The summed E-state index contributed by atoms with van der Waals surface area (Å²) in [7, 11) is 0. The van der Waals surface area contributed by atoms with Crippen molar-refractivity contribution in [2.75, 3.05) is 0 Å². The number of rotatable bonds is 2. The molecule has 3 heteroatoms. The van der Waals surface area contributed by atoms with Gasteiger partial charge in [0, 0.05) is 17.5 Å². The number of Topliss-reactive ketones (excluding diaryl/α,β-unsaturated/α-hetero) is 1. The predicted molar refractivity (Wildman–Crippen MR) is 65.7 cm³/mol. The molecule has 0 bridgehead atoms. The molecular weight excluding hydrogens is 222 g/mol. The lowest BCUT2D eigenvalue weighted by Gasteiger charge is -2.25. The van der Waals surface area contributed by atoms with Gasteiger partial charge in [-0.25, -0.2) is 0 Å². The van der Waals surface area contributed by atoms with Gasteiger partial charge in [0.15, 0.2) is 5.78 Å². The van der Waals surface area contributed by atoms with Gasteiger partial charge in [0.25, 0.3) is 0 Å². The van der Waals surface area contributed by atoms with Crippen molar-refractivity contribution in [3.8, 4) is 0 Å². The Morgan fingerprint density at radius 1 is 1.31 bits per heavy atom. The Bertz CT molecular complexity index is 391. The van der Waals surface area contributed by atoms with Crippen molar-refractivity contribution in [2.45, 2.75) is 31.7 Å². The van der Waals surface area contributed by atoms with Gasteiger partial charge in [-0.1, -0.05) is 30.2 Å². The number of halogens is 1. The molecule has 1 aliphatic rings. The van der Waals surface area contributed by atoms with Gasteiger partial charge in [-0.15, -0.1) is 0 Å². The molecule has 1 aromatic carbocycles. The minimum atomic E-state index is 0.0589. The topological polar surface area (TPSA) is 43.1 Å². The number of carbonyl (C=O) groups is 1. The smallest absolute Gasteiger partial charge is 0.167 e. The van der Waals surface area contributed by atoms with Crippen LogP contribution in [0.1, 0.15) is 36.0 Å². The van der Waals surface area contributed by atoms with E-state index in [1.807, 2.05) is 12.1 Å². The number of ketones is 1. The molecule has 1 aliphatic carbocycles. The molecule has 0 saturated heterocycles. The Morgan fingerprint density at radius 3 is 2.75 bits per heavy atom. The van der Waals surface area contributed by atoms with Gasteiger partial charge in [-0.05, 0) is 31.4 Å². The second-order valence-electron chi connectivity index (χ2n) is 4.47. The quantitative estimate of drug-likeness (QED) is 0.804. The molecule has 86 valence electrons. The molecule has 2 atom stereocenters. The molecule has 1 aromatic rings. The van der Waals surface area contributed by atoms with E-state index in [0.717, 1.165) is 25.7 Å². The van der Waals surface area contributed by atoms with Crippen LogP contribution in [0.5, 0.6) is 0 Å². The van der Waals surface area contributed by atoms with E-state index in [1.54, 1.807) is 12.1 Å². The van der Waals surface area contributed by atoms with Crippen LogP contribution in [-0.4, -0.2) is 11.8 Å². The molecule has 0 heterocycles. The molecule has 1 saturated carbocycles. The summed E-state index contributed by atoms with van der Waals surface area (Å²) in [6.45, 7) is 0. The van der Waals surface area contributed by atoms with Crippen LogP contribution in [0.15, 0.2) is 24.3 Å². The van der Waals surface area contributed by atoms with Crippen LogP contribution >= 0.6 is 11.6 Å². The van der Waals surface area contributed by atoms with E-state index in [4.69, 9.17) is 17.3 Å². The maximum atomic E-state index is 12.2. The van der Waals surface area contributed by atoms with E-state index in [-0.39, 0.29) is 17.7 Å². The highest BCUT2D eigenvalue weighted by molar-refractivity contribution is 6.34. The Labute approximate surface area is 101 Å². The van der Waals surface area contributed by atoms with Gasteiger partial charge in [-0.3, -0.25) is 4.79 Å². The van der Waals surface area contributed by atoms with Crippen molar-refractivity contribution in [2.24, 2.45) is 11.7 Å². The number of hydrogen-bond acceptors (Lipinski definition) is 2.